The molecule has 0 bridgehead atoms. The number of hydrogen-bond donors (Lipinski definition) is 0. The van der Waals surface area contributed by atoms with Gasteiger partial charge in [0.1, 0.15) is 0 Å². The molecule has 0 aliphatic carbocycles. The fourth-order valence-corrected chi connectivity index (χ4v) is 3.02. The molecule has 1 aromatic carbocycles. The average molecular weight is 250 g/mol. The van der Waals surface area contributed by atoms with Crippen molar-refractivity contribution in [3.8, 4) is 0 Å². The number of rotatable bonds is 5. The molecule has 0 atom stereocenters. The van der Waals surface area contributed by atoms with E-state index in [0.29, 0.717) is 5.25 Å². The van der Waals surface area contributed by atoms with Crippen LogP contribution >= 0.6 is 11.8 Å². The van der Waals surface area contributed by atoms with Crippen LogP contribution in [0, 0.1) is 19.8 Å². The third-order valence-corrected chi connectivity index (χ3v) is 4.24. The van der Waals surface area contributed by atoms with Gasteiger partial charge in [0.2, 0.25) is 0 Å². The Labute approximate surface area is 111 Å². The van der Waals surface area contributed by atoms with Gasteiger partial charge in [-0.2, -0.15) is 0 Å². The van der Waals surface area contributed by atoms with E-state index in [1.807, 2.05) is 11.8 Å². The van der Waals surface area contributed by atoms with Gasteiger partial charge in [0.15, 0.2) is 0 Å². The van der Waals surface area contributed by atoms with Gasteiger partial charge in [0.25, 0.3) is 0 Å². The van der Waals surface area contributed by atoms with Gasteiger partial charge in [-0.3, -0.25) is 0 Å². The fraction of sp³-hybridized carbons (Fsp3) is 0.625. The highest BCUT2D eigenvalue weighted by atomic mass is 32.2. The van der Waals surface area contributed by atoms with Crippen LogP contribution in [0.4, 0.5) is 0 Å². The molecular formula is C16H26S. The van der Waals surface area contributed by atoms with Gasteiger partial charge in [0.05, 0.1) is 0 Å². The van der Waals surface area contributed by atoms with Gasteiger partial charge >= 0.3 is 0 Å². The minimum atomic E-state index is 0.661. The third kappa shape index (κ3) is 4.75. The summed E-state index contributed by atoms with van der Waals surface area (Å²) in [6.45, 7) is 13.6. The summed E-state index contributed by atoms with van der Waals surface area (Å²) in [7, 11) is 0. The second-order valence-corrected chi connectivity index (χ2v) is 7.24. The van der Waals surface area contributed by atoms with Gasteiger partial charge < -0.3 is 0 Å². The Kier molecular flexibility index (Phi) is 5.58. The Bertz CT molecular complexity index is 341. The Morgan fingerprint density at radius 1 is 1.00 bits per heavy atom. The molecule has 0 aliphatic heterocycles. The maximum absolute atomic E-state index is 2.38. The van der Waals surface area contributed by atoms with Crippen molar-refractivity contribution in [3.05, 3.63) is 28.8 Å². The molecule has 0 saturated heterocycles. The van der Waals surface area contributed by atoms with Crippen LogP contribution in [-0.2, 0) is 6.42 Å². The predicted molar refractivity (Wildman–Crippen MR) is 80.1 cm³/mol. The van der Waals surface area contributed by atoms with Crippen LogP contribution in [-0.4, -0.2) is 5.25 Å². The molecule has 0 heterocycles. The van der Waals surface area contributed by atoms with E-state index in [4.69, 9.17) is 0 Å². The van der Waals surface area contributed by atoms with Crippen LogP contribution in [0.1, 0.15) is 50.8 Å². The highest BCUT2D eigenvalue weighted by Crippen LogP contribution is 2.31. The van der Waals surface area contributed by atoms with Crippen molar-refractivity contribution >= 4 is 11.8 Å². The molecule has 0 spiro atoms. The van der Waals surface area contributed by atoms with Crippen LogP contribution in [0.15, 0.2) is 17.0 Å². The van der Waals surface area contributed by atoms with Gasteiger partial charge in [-0.25, -0.2) is 0 Å². The summed E-state index contributed by atoms with van der Waals surface area (Å²) in [6, 6.07) is 4.75. The number of hydrogen-bond acceptors (Lipinski definition) is 1. The minimum absolute atomic E-state index is 0.661. The van der Waals surface area contributed by atoms with Crippen molar-refractivity contribution in [2.24, 2.45) is 5.92 Å². The normalized spacial score (nSPS) is 11.5. The largest absolute Gasteiger partial charge is 0.123 e. The van der Waals surface area contributed by atoms with Gasteiger partial charge in [0, 0.05) is 10.1 Å². The first-order chi connectivity index (χ1) is 7.90. The van der Waals surface area contributed by atoms with E-state index in [0.717, 1.165) is 5.92 Å². The van der Waals surface area contributed by atoms with Crippen LogP contribution in [0.2, 0.25) is 0 Å². The van der Waals surface area contributed by atoms with Gasteiger partial charge in [-0.05, 0) is 49.3 Å². The first-order valence-electron chi connectivity index (χ1n) is 6.67. The second-order valence-electron chi connectivity index (χ2n) is 5.66. The lowest BCUT2D eigenvalue weighted by Crippen LogP contribution is -1.97. The molecule has 0 aromatic heterocycles. The van der Waals surface area contributed by atoms with E-state index in [9.17, 15) is 0 Å². The van der Waals surface area contributed by atoms with Crippen molar-refractivity contribution < 1.29 is 0 Å². The molecule has 0 radical (unpaired) electrons. The van der Waals surface area contributed by atoms with E-state index in [-0.39, 0.29) is 0 Å². The Balaban J connectivity index is 2.85. The van der Waals surface area contributed by atoms with Crippen LogP contribution in [0.5, 0.6) is 0 Å². The van der Waals surface area contributed by atoms with Gasteiger partial charge in [-0.15, -0.1) is 11.8 Å². The monoisotopic (exact) mass is 250 g/mol. The van der Waals surface area contributed by atoms with Crippen molar-refractivity contribution in [3.63, 3.8) is 0 Å². The summed E-state index contributed by atoms with van der Waals surface area (Å²) in [4.78, 5) is 1.48. The zero-order valence-electron chi connectivity index (χ0n) is 12.1. The molecule has 1 aromatic rings. The van der Waals surface area contributed by atoms with E-state index < -0.39 is 0 Å². The third-order valence-electron chi connectivity index (χ3n) is 2.88. The van der Waals surface area contributed by atoms with Crippen molar-refractivity contribution in [1.29, 1.82) is 0 Å². The molecule has 96 valence electrons. The summed E-state index contributed by atoms with van der Waals surface area (Å²) in [6.07, 6.45) is 2.50. The smallest absolute Gasteiger partial charge is 0.0133 e. The average Bonchev–Trinajstić information content (AvgIpc) is 2.20. The second kappa shape index (κ2) is 6.49. The quantitative estimate of drug-likeness (QED) is 0.631. The zero-order valence-corrected chi connectivity index (χ0v) is 12.9. The first-order valence-corrected chi connectivity index (χ1v) is 7.55. The molecule has 17 heavy (non-hydrogen) atoms. The molecule has 0 saturated carbocycles. The molecule has 0 amide bonds. The lowest BCUT2D eigenvalue weighted by atomic mass is 9.99. The van der Waals surface area contributed by atoms with Crippen molar-refractivity contribution in [1.82, 2.24) is 0 Å². The van der Waals surface area contributed by atoms with Crippen LogP contribution < -0.4 is 0 Å². The van der Waals surface area contributed by atoms with E-state index in [1.54, 1.807) is 0 Å². The highest BCUT2D eigenvalue weighted by Gasteiger charge is 2.08. The molecule has 0 N–H and O–H groups in total. The molecule has 1 rings (SSSR count). The van der Waals surface area contributed by atoms with Crippen molar-refractivity contribution in [2.45, 2.75) is 64.5 Å². The van der Waals surface area contributed by atoms with E-state index in [2.05, 4.69) is 53.7 Å². The minimum Gasteiger partial charge on any atom is -0.123 e. The maximum atomic E-state index is 2.38. The Morgan fingerprint density at radius 3 is 1.94 bits per heavy atom. The summed E-state index contributed by atoms with van der Waals surface area (Å²) in [5.74, 6) is 0.792. The first kappa shape index (κ1) is 14.6. The topological polar surface area (TPSA) is 0 Å². The SMILES string of the molecule is Cc1cc(CCC(C)C)cc(C)c1SC(C)C. The number of aryl methyl sites for hydroxylation is 3. The summed E-state index contributed by atoms with van der Waals surface area (Å²) >= 11 is 1.98. The lowest BCUT2D eigenvalue weighted by Gasteiger charge is -2.14. The Hall–Kier alpha value is -0.430. The Morgan fingerprint density at radius 2 is 1.53 bits per heavy atom. The summed E-state index contributed by atoms with van der Waals surface area (Å²) in [5.41, 5.74) is 4.40. The number of thioether (sulfide) groups is 1. The molecule has 0 nitrogen and oxygen atoms in total. The van der Waals surface area contributed by atoms with Crippen LogP contribution in [0.3, 0.4) is 0 Å². The van der Waals surface area contributed by atoms with Gasteiger partial charge in [-0.1, -0.05) is 39.8 Å². The van der Waals surface area contributed by atoms with E-state index in [1.165, 1.54) is 34.4 Å². The number of benzene rings is 1. The summed E-state index contributed by atoms with van der Waals surface area (Å²) < 4.78 is 0. The molecule has 0 aliphatic rings. The van der Waals surface area contributed by atoms with Crippen LogP contribution in [0.25, 0.3) is 0 Å². The lowest BCUT2D eigenvalue weighted by molar-refractivity contribution is 0.586. The van der Waals surface area contributed by atoms with Crippen molar-refractivity contribution in [2.75, 3.05) is 0 Å². The molecule has 0 unspecified atom stereocenters. The standard InChI is InChI=1S/C16H26S/c1-11(2)7-8-15-9-13(5)16(14(6)10-15)17-12(3)4/h9-12H,7-8H2,1-6H3. The highest BCUT2D eigenvalue weighted by molar-refractivity contribution is 8.00. The molecule has 1 heteroatoms. The fourth-order valence-electron chi connectivity index (χ4n) is 2.06. The summed E-state index contributed by atoms with van der Waals surface area (Å²) in [5, 5.41) is 0.661. The van der Waals surface area contributed by atoms with E-state index >= 15 is 0 Å². The maximum Gasteiger partial charge on any atom is 0.0133 e. The predicted octanol–water partition coefficient (Wildman–Crippen LogP) is 5.39. The molecular weight excluding hydrogens is 224 g/mol. The zero-order chi connectivity index (χ0) is 13.0. The molecule has 0 fully saturated rings.